The molecule has 1 aromatic heterocycles. The molecule has 10 heteroatoms. The SMILES string of the molecule is O=S(=O)(c1cnc[nH]1)N1CCCN(S(=O)(=O)c2cccc3ccccc23)CC1. The number of imidazole rings is 1. The molecular weight excluding hydrogens is 400 g/mol. The van der Waals surface area contributed by atoms with Crippen molar-refractivity contribution in [1.29, 1.82) is 0 Å². The number of benzene rings is 2. The zero-order chi connectivity index (χ0) is 19.8. The van der Waals surface area contributed by atoms with Gasteiger partial charge in [-0.25, -0.2) is 21.8 Å². The second kappa shape index (κ2) is 7.28. The van der Waals surface area contributed by atoms with E-state index < -0.39 is 20.0 Å². The van der Waals surface area contributed by atoms with Crippen molar-refractivity contribution in [3.8, 4) is 0 Å². The molecule has 0 aliphatic carbocycles. The molecule has 2 heterocycles. The van der Waals surface area contributed by atoms with Crippen molar-refractivity contribution in [3.63, 3.8) is 0 Å². The lowest BCUT2D eigenvalue weighted by atomic mass is 10.1. The molecule has 28 heavy (non-hydrogen) atoms. The van der Waals surface area contributed by atoms with Gasteiger partial charge in [-0.3, -0.25) is 0 Å². The van der Waals surface area contributed by atoms with Gasteiger partial charge in [-0.2, -0.15) is 8.61 Å². The number of aromatic nitrogens is 2. The van der Waals surface area contributed by atoms with Crippen molar-refractivity contribution in [1.82, 2.24) is 18.6 Å². The highest BCUT2D eigenvalue weighted by molar-refractivity contribution is 7.89. The average molecular weight is 421 g/mol. The summed E-state index contributed by atoms with van der Waals surface area (Å²) in [6.45, 7) is 0.702. The summed E-state index contributed by atoms with van der Waals surface area (Å²) < 4.78 is 54.6. The van der Waals surface area contributed by atoms with E-state index in [2.05, 4.69) is 9.97 Å². The Kier molecular flexibility index (Phi) is 4.96. The van der Waals surface area contributed by atoms with E-state index >= 15 is 0 Å². The van der Waals surface area contributed by atoms with Gasteiger partial charge in [0, 0.05) is 31.6 Å². The fourth-order valence-electron chi connectivity index (χ4n) is 3.43. The van der Waals surface area contributed by atoms with Crippen LogP contribution in [0.2, 0.25) is 0 Å². The number of fused-ring (bicyclic) bond motifs is 1. The van der Waals surface area contributed by atoms with Gasteiger partial charge in [0.1, 0.15) is 0 Å². The average Bonchev–Trinajstić information content (AvgIpc) is 3.12. The number of rotatable bonds is 4. The van der Waals surface area contributed by atoms with Crippen LogP contribution in [-0.2, 0) is 20.0 Å². The van der Waals surface area contributed by atoms with Crippen molar-refractivity contribution in [2.24, 2.45) is 0 Å². The first-order chi connectivity index (χ1) is 13.4. The minimum atomic E-state index is -3.74. The fourth-order valence-corrected chi connectivity index (χ4v) is 6.48. The Morgan fingerprint density at radius 2 is 1.50 bits per heavy atom. The Hall–Kier alpha value is -2.27. The minimum absolute atomic E-state index is 0.0119. The van der Waals surface area contributed by atoms with E-state index in [-0.39, 0.29) is 36.1 Å². The molecule has 0 atom stereocenters. The Bertz CT molecular complexity index is 1190. The summed E-state index contributed by atoms with van der Waals surface area (Å²) in [6.07, 6.45) is 2.98. The number of hydrogen-bond acceptors (Lipinski definition) is 5. The highest BCUT2D eigenvalue weighted by Crippen LogP contribution is 2.27. The lowest BCUT2D eigenvalue weighted by Gasteiger charge is -2.22. The van der Waals surface area contributed by atoms with E-state index in [1.165, 1.54) is 21.1 Å². The van der Waals surface area contributed by atoms with E-state index in [1.807, 2.05) is 24.3 Å². The maximum Gasteiger partial charge on any atom is 0.260 e. The lowest BCUT2D eigenvalue weighted by molar-refractivity contribution is 0.404. The molecule has 1 fully saturated rings. The molecule has 0 amide bonds. The van der Waals surface area contributed by atoms with E-state index in [0.29, 0.717) is 11.8 Å². The van der Waals surface area contributed by atoms with Crippen LogP contribution in [0, 0.1) is 0 Å². The second-order valence-electron chi connectivity index (χ2n) is 6.55. The van der Waals surface area contributed by atoms with Crippen molar-refractivity contribution in [2.45, 2.75) is 16.3 Å². The number of aromatic amines is 1. The van der Waals surface area contributed by atoms with Gasteiger partial charge in [0.25, 0.3) is 10.0 Å². The predicted molar refractivity (Wildman–Crippen MR) is 105 cm³/mol. The Morgan fingerprint density at radius 1 is 0.821 bits per heavy atom. The molecule has 1 saturated heterocycles. The summed E-state index contributed by atoms with van der Waals surface area (Å²) in [5, 5.41) is 1.52. The largest absolute Gasteiger partial charge is 0.335 e. The highest BCUT2D eigenvalue weighted by atomic mass is 32.2. The van der Waals surface area contributed by atoms with Crippen molar-refractivity contribution < 1.29 is 16.8 Å². The maximum atomic E-state index is 13.3. The molecule has 8 nitrogen and oxygen atoms in total. The van der Waals surface area contributed by atoms with Gasteiger partial charge >= 0.3 is 0 Å². The number of H-pyrrole nitrogens is 1. The van der Waals surface area contributed by atoms with Crippen LogP contribution in [0.15, 0.2) is 64.9 Å². The second-order valence-corrected chi connectivity index (χ2v) is 10.4. The number of hydrogen-bond donors (Lipinski definition) is 1. The zero-order valence-corrected chi connectivity index (χ0v) is 16.7. The smallest absolute Gasteiger partial charge is 0.260 e. The minimum Gasteiger partial charge on any atom is -0.335 e. The van der Waals surface area contributed by atoms with Gasteiger partial charge < -0.3 is 4.98 Å². The first-order valence-corrected chi connectivity index (χ1v) is 11.8. The van der Waals surface area contributed by atoms with Crippen molar-refractivity contribution >= 4 is 30.8 Å². The van der Waals surface area contributed by atoms with Gasteiger partial charge in [0.05, 0.1) is 17.4 Å². The molecule has 3 aromatic rings. The summed E-state index contributed by atoms with van der Waals surface area (Å²) in [5.41, 5.74) is 0. The van der Waals surface area contributed by atoms with E-state index in [4.69, 9.17) is 0 Å². The molecule has 1 N–H and O–H groups in total. The molecule has 148 valence electrons. The van der Waals surface area contributed by atoms with E-state index in [0.717, 1.165) is 5.39 Å². The van der Waals surface area contributed by atoms with Gasteiger partial charge in [0.2, 0.25) is 10.0 Å². The van der Waals surface area contributed by atoms with Crippen LogP contribution in [-0.4, -0.2) is 61.6 Å². The van der Waals surface area contributed by atoms with Gasteiger partial charge in [0.15, 0.2) is 5.03 Å². The number of nitrogens with zero attached hydrogens (tertiary/aromatic N) is 3. The third-order valence-electron chi connectivity index (χ3n) is 4.87. The Balaban J connectivity index is 1.62. The number of nitrogens with one attached hydrogen (secondary N) is 1. The summed E-state index contributed by atoms with van der Waals surface area (Å²) in [5.74, 6) is 0. The van der Waals surface area contributed by atoms with Crippen LogP contribution in [0.3, 0.4) is 0 Å². The molecular formula is C18H20N4O4S2. The summed E-state index contributed by atoms with van der Waals surface area (Å²) >= 11 is 0. The monoisotopic (exact) mass is 420 g/mol. The Labute approximate surface area is 163 Å². The standard InChI is InChI=1S/C18H20N4O4S2/c23-27(24,17-8-3-6-15-5-1-2-7-16(15)17)21-9-4-10-22(12-11-21)28(25,26)18-13-19-14-20-18/h1-3,5-8,13-14H,4,9-12H2,(H,19,20). The first-order valence-electron chi connectivity index (χ1n) is 8.87. The van der Waals surface area contributed by atoms with E-state index in [9.17, 15) is 16.8 Å². The maximum absolute atomic E-state index is 13.3. The van der Waals surface area contributed by atoms with Gasteiger partial charge in [-0.1, -0.05) is 36.4 Å². The lowest BCUT2D eigenvalue weighted by Crippen LogP contribution is -2.37. The highest BCUT2D eigenvalue weighted by Gasteiger charge is 2.32. The fraction of sp³-hybridized carbons (Fsp3) is 0.278. The van der Waals surface area contributed by atoms with Gasteiger partial charge in [-0.15, -0.1) is 0 Å². The van der Waals surface area contributed by atoms with Gasteiger partial charge in [-0.05, 0) is 17.9 Å². The van der Waals surface area contributed by atoms with Crippen molar-refractivity contribution in [3.05, 3.63) is 55.0 Å². The molecule has 1 aliphatic heterocycles. The summed E-state index contributed by atoms with van der Waals surface area (Å²) in [7, 11) is -7.46. The zero-order valence-electron chi connectivity index (χ0n) is 15.0. The molecule has 1 aliphatic rings. The molecule has 2 aromatic carbocycles. The first kappa shape index (κ1) is 19.1. The van der Waals surface area contributed by atoms with Crippen LogP contribution >= 0.6 is 0 Å². The number of sulfonamides is 2. The Morgan fingerprint density at radius 3 is 2.21 bits per heavy atom. The van der Waals surface area contributed by atoms with Crippen LogP contribution in [0.5, 0.6) is 0 Å². The third kappa shape index (κ3) is 3.32. The van der Waals surface area contributed by atoms with Crippen LogP contribution < -0.4 is 0 Å². The molecule has 0 spiro atoms. The van der Waals surface area contributed by atoms with Crippen LogP contribution in [0.25, 0.3) is 10.8 Å². The normalized spacial score (nSPS) is 17.6. The van der Waals surface area contributed by atoms with E-state index in [1.54, 1.807) is 18.2 Å². The summed E-state index contributed by atoms with van der Waals surface area (Å²) in [4.78, 5) is 6.62. The predicted octanol–water partition coefficient (Wildman–Crippen LogP) is 1.65. The molecule has 0 bridgehead atoms. The molecule has 0 saturated carbocycles. The van der Waals surface area contributed by atoms with Crippen LogP contribution in [0.1, 0.15) is 6.42 Å². The molecule has 0 unspecified atom stereocenters. The van der Waals surface area contributed by atoms with Crippen LogP contribution in [0.4, 0.5) is 0 Å². The molecule has 0 radical (unpaired) electrons. The third-order valence-corrected chi connectivity index (χ3v) is 8.65. The quantitative estimate of drug-likeness (QED) is 0.691. The summed E-state index contributed by atoms with van der Waals surface area (Å²) in [6, 6.07) is 12.5. The topological polar surface area (TPSA) is 103 Å². The van der Waals surface area contributed by atoms with Crippen molar-refractivity contribution in [2.75, 3.05) is 26.2 Å². The molecule has 4 rings (SSSR count).